The second-order valence-electron chi connectivity index (χ2n) is 6.37. The van der Waals surface area contributed by atoms with Crippen molar-refractivity contribution in [3.05, 3.63) is 71.3 Å². The second kappa shape index (κ2) is 8.11. The molecule has 1 aliphatic heterocycles. The standard InChI is InChI=1S/C21H26N2O/c1-2-22-14-16-23(17-15-22)21(24)20-11-7-6-10-19(20)13-12-18-8-4-3-5-9-18/h3-11H,2,12-17H2,1H3. The fourth-order valence-corrected chi connectivity index (χ4v) is 3.31. The van der Waals surface area contributed by atoms with Crippen LogP contribution in [-0.2, 0) is 12.8 Å². The molecule has 3 rings (SSSR count). The summed E-state index contributed by atoms with van der Waals surface area (Å²) in [6, 6.07) is 18.6. The fraction of sp³-hybridized carbons (Fsp3) is 0.381. The normalized spacial score (nSPS) is 15.5. The van der Waals surface area contributed by atoms with E-state index in [9.17, 15) is 4.79 Å². The first kappa shape index (κ1) is 16.7. The maximum Gasteiger partial charge on any atom is 0.254 e. The number of carbonyl (C=O) groups excluding carboxylic acids is 1. The van der Waals surface area contributed by atoms with E-state index in [2.05, 4.69) is 42.2 Å². The first-order valence-corrected chi connectivity index (χ1v) is 8.91. The third kappa shape index (κ3) is 4.04. The van der Waals surface area contributed by atoms with Gasteiger partial charge in [-0.05, 0) is 36.6 Å². The number of benzene rings is 2. The molecular formula is C21H26N2O. The van der Waals surface area contributed by atoms with Gasteiger partial charge in [0.25, 0.3) is 5.91 Å². The van der Waals surface area contributed by atoms with Gasteiger partial charge in [0.15, 0.2) is 0 Å². The van der Waals surface area contributed by atoms with Crippen LogP contribution < -0.4 is 0 Å². The van der Waals surface area contributed by atoms with Gasteiger partial charge in [-0.25, -0.2) is 0 Å². The molecule has 0 bridgehead atoms. The Labute approximate surface area is 144 Å². The number of amides is 1. The summed E-state index contributed by atoms with van der Waals surface area (Å²) in [6.07, 6.45) is 1.87. The topological polar surface area (TPSA) is 23.6 Å². The van der Waals surface area contributed by atoms with Gasteiger partial charge in [-0.15, -0.1) is 0 Å². The lowest BCUT2D eigenvalue weighted by Crippen LogP contribution is -2.48. The molecule has 3 nitrogen and oxygen atoms in total. The van der Waals surface area contributed by atoms with Crippen LogP contribution in [0.5, 0.6) is 0 Å². The van der Waals surface area contributed by atoms with Gasteiger partial charge in [-0.2, -0.15) is 0 Å². The highest BCUT2D eigenvalue weighted by Gasteiger charge is 2.22. The molecule has 0 unspecified atom stereocenters. The maximum atomic E-state index is 12.9. The molecule has 0 saturated carbocycles. The summed E-state index contributed by atoms with van der Waals surface area (Å²) >= 11 is 0. The molecule has 1 aliphatic rings. The van der Waals surface area contributed by atoms with Gasteiger partial charge in [0.05, 0.1) is 0 Å². The van der Waals surface area contributed by atoms with E-state index in [-0.39, 0.29) is 5.91 Å². The molecule has 3 heteroatoms. The van der Waals surface area contributed by atoms with Gasteiger partial charge < -0.3 is 9.80 Å². The fourth-order valence-electron chi connectivity index (χ4n) is 3.31. The smallest absolute Gasteiger partial charge is 0.254 e. The lowest BCUT2D eigenvalue weighted by Gasteiger charge is -2.34. The number of rotatable bonds is 5. The third-order valence-electron chi connectivity index (χ3n) is 4.88. The van der Waals surface area contributed by atoms with E-state index in [0.29, 0.717) is 0 Å². The minimum Gasteiger partial charge on any atom is -0.336 e. The van der Waals surface area contributed by atoms with Crippen molar-refractivity contribution in [2.45, 2.75) is 19.8 Å². The van der Waals surface area contributed by atoms with Crippen LogP contribution in [0, 0.1) is 0 Å². The first-order chi connectivity index (χ1) is 11.8. The molecule has 0 N–H and O–H groups in total. The molecule has 1 heterocycles. The van der Waals surface area contributed by atoms with E-state index in [1.807, 2.05) is 29.2 Å². The minimum absolute atomic E-state index is 0.189. The summed E-state index contributed by atoms with van der Waals surface area (Å²) in [5.41, 5.74) is 3.35. The summed E-state index contributed by atoms with van der Waals surface area (Å²) < 4.78 is 0. The van der Waals surface area contributed by atoms with Crippen molar-refractivity contribution >= 4 is 5.91 Å². The van der Waals surface area contributed by atoms with Crippen molar-refractivity contribution in [2.24, 2.45) is 0 Å². The number of piperazine rings is 1. The molecule has 0 spiro atoms. The van der Waals surface area contributed by atoms with Crippen molar-refractivity contribution in [1.82, 2.24) is 9.80 Å². The highest BCUT2D eigenvalue weighted by molar-refractivity contribution is 5.95. The minimum atomic E-state index is 0.189. The Morgan fingerprint density at radius 2 is 1.54 bits per heavy atom. The van der Waals surface area contributed by atoms with Gasteiger partial charge in [0.1, 0.15) is 0 Å². The highest BCUT2D eigenvalue weighted by atomic mass is 16.2. The molecule has 1 saturated heterocycles. The van der Waals surface area contributed by atoms with Crippen LogP contribution in [-0.4, -0.2) is 48.4 Å². The molecule has 2 aromatic rings. The van der Waals surface area contributed by atoms with Gasteiger partial charge in [-0.1, -0.05) is 55.5 Å². The second-order valence-corrected chi connectivity index (χ2v) is 6.37. The largest absolute Gasteiger partial charge is 0.336 e. The Balaban J connectivity index is 1.68. The summed E-state index contributed by atoms with van der Waals surface area (Å²) in [4.78, 5) is 17.3. The molecular weight excluding hydrogens is 296 g/mol. The summed E-state index contributed by atoms with van der Waals surface area (Å²) in [7, 11) is 0. The van der Waals surface area contributed by atoms with Crippen molar-refractivity contribution in [1.29, 1.82) is 0 Å². The third-order valence-corrected chi connectivity index (χ3v) is 4.88. The lowest BCUT2D eigenvalue weighted by molar-refractivity contribution is 0.0642. The quantitative estimate of drug-likeness (QED) is 0.843. The zero-order valence-electron chi connectivity index (χ0n) is 14.4. The molecule has 0 aromatic heterocycles. The Morgan fingerprint density at radius 1 is 0.875 bits per heavy atom. The number of hydrogen-bond donors (Lipinski definition) is 0. The van der Waals surface area contributed by atoms with E-state index >= 15 is 0 Å². The Hall–Kier alpha value is -2.13. The zero-order valence-corrected chi connectivity index (χ0v) is 14.4. The predicted molar refractivity (Wildman–Crippen MR) is 98.3 cm³/mol. The SMILES string of the molecule is CCN1CCN(C(=O)c2ccccc2CCc2ccccc2)CC1. The van der Waals surface area contributed by atoms with E-state index in [1.54, 1.807) is 0 Å². The van der Waals surface area contributed by atoms with Crippen molar-refractivity contribution < 1.29 is 4.79 Å². The Bertz CT molecular complexity index is 661. The number of aryl methyl sites for hydroxylation is 2. The average molecular weight is 322 g/mol. The van der Waals surface area contributed by atoms with Crippen molar-refractivity contribution in [3.63, 3.8) is 0 Å². The number of hydrogen-bond acceptors (Lipinski definition) is 2. The number of nitrogens with zero attached hydrogens (tertiary/aromatic N) is 2. The molecule has 0 radical (unpaired) electrons. The Morgan fingerprint density at radius 3 is 2.25 bits per heavy atom. The molecule has 2 aromatic carbocycles. The molecule has 1 amide bonds. The van der Waals surface area contributed by atoms with Gasteiger partial charge in [0, 0.05) is 31.7 Å². The molecule has 1 fully saturated rings. The van der Waals surface area contributed by atoms with Crippen molar-refractivity contribution in [2.75, 3.05) is 32.7 Å². The van der Waals surface area contributed by atoms with Gasteiger partial charge >= 0.3 is 0 Å². The summed E-state index contributed by atoms with van der Waals surface area (Å²) in [6.45, 7) is 6.87. The Kier molecular flexibility index (Phi) is 5.65. The van der Waals surface area contributed by atoms with Gasteiger partial charge in [-0.3, -0.25) is 4.79 Å². The molecule has 126 valence electrons. The summed E-state index contributed by atoms with van der Waals surface area (Å²) in [5.74, 6) is 0.189. The van der Waals surface area contributed by atoms with Crippen LogP contribution in [0.2, 0.25) is 0 Å². The monoisotopic (exact) mass is 322 g/mol. The number of likely N-dealkylation sites (N-methyl/N-ethyl adjacent to an activating group) is 1. The van der Waals surface area contributed by atoms with Crippen LogP contribution in [0.25, 0.3) is 0 Å². The molecule has 0 atom stereocenters. The van der Waals surface area contributed by atoms with Crippen LogP contribution >= 0.6 is 0 Å². The summed E-state index contributed by atoms with van der Waals surface area (Å²) in [5, 5.41) is 0. The van der Waals surface area contributed by atoms with Crippen LogP contribution in [0.1, 0.15) is 28.4 Å². The first-order valence-electron chi connectivity index (χ1n) is 8.91. The van der Waals surface area contributed by atoms with E-state index < -0.39 is 0 Å². The lowest BCUT2D eigenvalue weighted by atomic mass is 9.99. The average Bonchev–Trinajstić information content (AvgIpc) is 2.67. The van der Waals surface area contributed by atoms with Crippen LogP contribution in [0.4, 0.5) is 0 Å². The zero-order chi connectivity index (χ0) is 16.8. The maximum absolute atomic E-state index is 12.9. The van der Waals surface area contributed by atoms with Crippen LogP contribution in [0.15, 0.2) is 54.6 Å². The van der Waals surface area contributed by atoms with Crippen molar-refractivity contribution in [3.8, 4) is 0 Å². The van der Waals surface area contributed by atoms with E-state index in [0.717, 1.165) is 56.7 Å². The van der Waals surface area contributed by atoms with E-state index in [4.69, 9.17) is 0 Å². The molecule has 24 heavy (non-hydrogen) atoms. The highest BCUT2D eigenvalue weighted by Crippen LogP contribution is 2.16. The number of carbonyl (C=O) groups is 1. The van der Waals surface area contributed by atoms with Crippen LogP contribution in [0.3, 0.4) is 0 Å². The predicted octanol–water partition coefficient (Wildman–Crippen LogP) is 3.25. The molecule has 0 aliphatic carbocycles. The van der Waals surface area contributed by atoms with Gasteiger partial charge in [0.2, 0.25) is 0 Å². The van der Waals surface area contributed by atoms with E-state index in [1.165, 1.54) is 5.56 Å².